The summed E-state index contributed by atoms with van der Waals surface area (Å²) in [6.07, 6.45) is 7.67. The number of rotatable bonds is 10. The fraction of sp³-hybridized carbons (Fsp3) is 0.586. The summed E-state index contributed by atoms with van der Waals surface area (Å²) in [6.45, 7) is 6.86. The largest absolute Gasteiger partial charge is 0.395 e. The van der Waals surface area contributed by atoms with Gasteiger partial charge >= 0.3 is 0 Å². The number of aliphatic hydroxyl groups is 1. The second-order valence-electron chi connectivity index (χ2n) is 10.8. The molecule has 0 aliphatic carbocycles. The molecule has 0 spiro atoms. The number of likely N-dealkylation sites (tertiary alicyclic amines) is 1. The van der Waals surface area contributed by atoms with Gasteiger partial charge in [0.2, 0.25) is 5.95 Å². The molecule has 2 aliphatic heterocycles. The van der Waals surface area contributed by atoms with Gasteiger partial charge in [0.25, 0.3) is 0 Å². The number of benzene rings is 1. The normalized spacial score (nSPS) is 17.4. The third-order valence-electron chi connectivity index (χ3n) is 8.23. The molecule has 40 heavy (non-hydrogen) atoms. The van der Waals surface area contributed by atoms with Crippen LogP contribution >= 0.6 is 0 Å². The smallest absolute Gasteiger partial charge is 0.222 e. The Kier molecular flexibility index (Phi) is 9.09. The minimum atomic E-state index is -0.392. The number of halogens is 1. The van der Waals surface area contributed by atoms with Crippen LogP contribution in [0, 0.1) is 17.1 Å². The van der Waals surface area contributed by atoms with Crippen LogP contribution in [-0.4, -0.2) is 81.8 Å². The van der Waals surface area contributed by atoms with E-state index in [0.717, 1.165) is 70.4 Å². The second kappa shape index (κ2) is 12.9. The van der Waals surface area contributed by atoms with Crippen LogP contribution in [0.25, 0.3) is 11.0 Å². The Balaban J connectivity index is 1.36. The first-order chi connectivity index (χ1) is 19.5. The molecule has 0 atom stereocenters. The molecule has 4 heterocycles. The molecule has 0 bridgehead atoms. The van der Waals surface area contributed by atoms with E-state index in [-0.39, 0.29) is 25.0 Å². The van der Waals surface area contributed by atoms with Crippen LogP contribution in [0.5, 0.6) is 0 Å². The topological polar surface area (TPSA) is 129 Å². The molecule has 1 aromatic carbocycles. The Morgan fingerprint density at radius 1 is 1.18 bits per heavy atom. The highest BCUT2D eigenvalue weighted by atomic mass is 19.1. The minimum Gasteiger partial charge on any atom is -0.395 e. The lowest BCUT2D eigenvalue weighted by Gasteiger charge is -2.39. The first kappa shape index (κ1) is 28.2. The van der Waals surface area contributed by atoms with Crippen LogP contribution in [0.2, 0.25) is 0 Å². The fourth-order valence-corrected chi connectivity index (χ4v) is 6.02. The van der Waals surface area contributed by atoms with Gasteiger partial charge in [0.05, 0.1) is 31.0 Å². The van der Waals surface area contributed by atoms with Crippen molar-refractivity contribution in [2.45, 2.75) is 64.0 Å². The first-order valence-corrected chi connectivity index (χ1v) is 14.4. The van der Waals surface area contributed by atoms with E-state index in [1.807, 2.05) is 11.0 Å². The molecule has 0 amide bonds. The number of nitriles is 1. The lowest BCUT2D eigenvalue weighted by Crippen LogP contribution is -2.43. The predicted octanol–water partition coefficient (Wildman–Crippen LogP) is 3.42. The van der Waals surface area contributed by atoms with Gasteiger partial charge in [0.15, 0.2) is 11.3 Å². The Morgan fingerprint density at radius 2 is 1.95 bits per heavy atom. The van der Waals surface area contributed by atoms with Gasteiger partial charge in [0, 0.05) is 37.9 Å². The van der Waals surface area contributed by atoms with Crippen LogP contribution in [0.15, 0.2) is 18.3 Å². The standard InChI is InChI=1S/C29H39FN8O2/c1-2-3-8-37(11-12-39)28-27-26(33-29(32)34-28)19-38(35-27)18-24-22(17-31)15-21(16-25(24)30)20-4-9-36(10-5-20)23-6-13-40-14-7-23/h15-16,19-20,23,39H,2-14,18H2,1H3,(H2,32,33). The van der Waals surface area contributed by atoms with E-state index >= 15 is 4.39 Å². The lowest BCUT2D eigenvalue weighted by molar-refractivity contribution is 0.0251. The summed E-state index contributed by atoms with van der Waals surface area (Å²) < 4.78 is 22.7. The molecule has 2 saturated heterocycles. The van der Waals surface area contributed by atoms with Crippen LogP contribution in [0.3, 0.4) is 0 Å². The summed E-state index contributed by atoms with van der Waals surface area (Å²) in [5.41, 5.74) is 8.60. The molecule has 0 saturated carbocycles. The van der Waals surface area contributed by atoms with Crippen molar-refractivity contribution in [3.8, 4) is 6.07 Å². The summed E-state index contributed by atoms with van der Waals surface area (Å²) in [6, 6.07) is 6.26. The maximum Gasteiger partial charge on any atom is 0.222 e. The maximum atomic E-state index is 15.6. The summed E-state index contributed by atoms with van der Waals surface area (Å²) in [4.78, 5) is 13.2. The van der Waals surface area contributed by atoms with Gasteiger partial charge in [-0.2, -0.15) is 15.3 Å². The molecule has 11 heteroatoms. The number of hydrogen-bond donors (Lipinski definition) is 2. The van der Waals surface area contributed by atoms with Crippen molar-refractivity contribution < 1.29 is 14.2 Å². The van der Waals surface area contributed by atoms with Gasteiger partial charge in [-0.25, -0.2) is 9.37 Å². The third-order valence-corrected chi connectivity index (χ3v) is 8.23. The summed E-state index contributed by atoms with van der Waals surface area (Å²) >= 11 is 0. The van der Waals surface area contributed by atoms with Gasteiger partial charge in [0.1, 0.15) is 11.3 Å². The molecule has 2 aromatic heterocycles. The number of aromatic nitrogens is 4. The zero-order valence-electron chi connectivity index (χ0n) is 23.2. The van der Waals surface area contributed by atoms with E-state index in [1.165, 1.54) is 0 Å². The molecule has 0 radical (unpaired) electrons. The average molecular weight is 551 g/mol. The molecule has 5 rings (SSSR count). The number of fused-ring (bicyclic) bond motifs is 1. The predicted molar refractivity (Wildman–Crippen MR) is 152 cm³/mol. The molecular weight excluding hydrogens is 511 g/mol. The number of anilines is 2. The van der Waals surface area contributed by atoms with Gasteiger partial charge in [-0.1, -0.05) is 13.3 Å². The quantitative estimate of drug-likeness (QED) is 0.390. The highest BCUT2D eigenvalue weighted by molar-refractivity contribution is 5.86. The van der Waals surface area contributed by atoms with Crippen molar-refractivity contribution in [1.82, 2.24) is 24.6 Å². The minimum absolute atomic E-state index is 0.0342. The highest BCUT2D eigenvalue weighted by Crippen LogP contribution is 2.33. The molecule has 3 N–H and O–H groups in total. The molecular formula is C29H39FN8O2. The first-order valence-electron chi connectivity index (χ1n) is 14.4. The molecule has 2 aliphatic rings. The van der Waals surface area contributed by atoms with E-state index in [1.54, 1.807) is 16.9 Å². The number of hydrogen-bond acceptors (Lipinski definition) is 9. The maximum absolute atomic E-state index is 15.6. The second-order valence-corrected chi connectivity index (χ2v) is 10.8. The average Bonchev–Trinajstić information content (AvgIpc) is 3.38. The number of aliphatic hydroxyl groups excluding tert-OH is 1. The molecule has 3 aromatic rings. The molecule has 214 valence electrons. The zero-order valence-corrected chi connectivity index (χ0v) is 23.2. The van der Waals surface area contributed by atoms with Crippen molar-refractivity contribution in [1.29, 1.82) is 5.26 Å². The van der Waals surface area contributed by atoms with Crippen LogP contribution < -0.4 is 10.6 Å². The number of piperidine rings is 1. The van der Waals surface area contributed by atoms with Crippen molar-refractivity contribution in [2.24, 2.45) is 0 Å². The van der Waals surface area contributed by atoms with Gasteiger partial charge in [-0.3, -0.25) is 4.68 Å². The molecule has 2 fully saturated rings. The Bertz CT molecular complexity index is 1340. The van der Waals surface area contributed by atoms with Crippen LogP contribution in [-0.2, 0) is 11.3 Å². The number of unbranched alkanes of at least 4 members (excludes halogenated alkanes) is 1. The number of nitrogen functional groups attached to an aromatic ring is 1. The van der Waals surface area contributed by atoms with Crippen LogP contribution in [0.4, 0.5) is 16.2 Å². The van der Waals surface area contributed by atoms with E-state index in [4.69, 9.17) is 10.5 Å². The number of nitrogens with zero attached hydrogens (tertiary/aromatic N) is 7. The lowest BCUT2D eigenvalue weighted by atomic mass is 9.86. The monoisotopic (exact) mass is 550 g/mol. The van der Waals surface area contributed by atoms with Crippen LogP contribution in [0.1, 0.15) is 68.1 Å². The SMILES string of the molecule is CCCCN(CCO)c1nc(N)nc2cn(Cc3c(F)cc(C4CCN(C5CCOCC5)CC4)cc3C#N)nc12. The Morgan fingerprint density at radius 3 is 2.65 bits per heavy atom. The summed E-state index contributed by atoms with van der Waals surface area (Å²) in [7, 11) is 0. The zero-order chi connectivity index (χ0) is 28.1. The highest BCUT2D eigenvalue weighted by Gasteiger charge is 2.28. The van der Waals surface area contributed by atoms with E-state index < -0.39 is 5.82 Å². The summed E-state index contributed by atoms with van der Waals surface area (Å²) in [5, 5.41) is 24.2. The van der Waals surface area contributed by atoms with Gasteiger partial charge in [-0.05, 0) is 68.8 Å². The molecule has 0 unspecified atom stereocenters. The van der Waals surface area contributed by atoms with Crippen molar-refractivity contribution in [3.63, 3.8) is 0 Å². The molecule has 10 nitrogen and oxygen atoms in total. The Hall–Kier alpha value is -3.33. The fourth-order valence-electron chi connectivity index (χ4n) is 6.02. The third kappa shape index (κ3) is 6.19. The summed E-state index contributed by atoms with van der Waals surface area (Å²) in [5.74, 6) is 0.501. The van der Waals surface area contributed by atoms with Gasteiger partial charge < -0.3 is 25.4 Å². The van der Waals surface area contributed by atoms with Crippen molar-refractivity contribution >= 4 is 22.8 Å². The van der Waals surface area contributed by atoms with E-state index in [2.05, 4.69) is 33.0 Å². The van der Waals surface area contributed by atoms with E-state index in [9.17, 15) is 10.4 Å². The van der Waals surface area contributed by atoms with Crippen molar-refractivity contribution in [2.75, 3.05) is 56.6 Å². The Labute approximate surface area is 234 Å². The van der Waals surface area contributed by atoms with E-state index in [0.29, 0.717) is 47.1 Å². The van der Waals surface area contributed by atoms with Gasteiger partial charge in [-0.15, -0.1) is 0 Å². The number of nitrogens with two attached hydrogens (primary N) is 1. The number of ether oxygens (including phenoxy) is 1. The van der Waals surface area contributed by atoms with Crippen molar-refractivity contribution in [3.05, 3.63) is 40.8 Å².